The number of likely N-dealkylation sites (tertiary alicyclic amines) is 1. The van der Waals surface area contributed by atoms with Crippen molar-refractivity contribution in [1.82, 2.24) is 4.90 Å². The van der Waals surface area contributed by atoms with E-state index in [-0.39, 0.29) is 5.92 Å². The van der Waals surface area contributed by atoms with Gasteiger partial charge in [-0.25, -0.2) is 0 Å². The van der Waals surface area contributed by atoms with E-state index in [1.54, 1.807) is 0 Å². The quantitative estimate of drug-likeness (QED) is 0.912. The molecule has 0 amide bonds. The first-order valence-electron chi connectivity index (χ1n) is 6.66. The maximum Gasteiger partial charge on any atom is 0.309 e. The van der Waals surface area contributed by atoms with Gasteiger partial charge >= 0.3 is 5.97 Å². The second-order valence-corrected chi connectivity index (χ2v) is 6.04. The van der Waals surface area contributed by atoms with Crippen LogP contribution in [0.4, 0.5) is 0 Å². The summed E-state index contributed by atoms with van der Waals surface area (Å²) in [5.41, 5.74) is 1.10. The van der Waals surface area contributed by atoms with Crippen molar-refractivity contribution in [3.05, 3.63) is 22.2 Å². The molecule has 0 atom stereocenters. The number of nitrogens with zero attached hydrogens (tertiary/aromatic N) is 1. The summed E-state index contributed by atoms with van der Waals surface area (Å²) in [5.74, 6) is 0.598. The molecular formula is C14H16BrNO4. The van der Waals surface area contributed by atoms with Crippen molar-refractivity contribution >= 4 is 21.9 Å². The molecule has 6 heteroatoms. The fourth-order valence-corrected chi connectivity index (χ4v) is 3.09. The van der Waals surface area contributed by atoms with E-state index < -0.39 is 5.97 Å². The van der Waals surface area contributed by atoms with Crippen molar-refractivity contribution in [2.24, 2.45) is 5.92 Å². The number of rotatable bonds is 3. The van der Waals surface area contributed by atoms with Crippen LogP contribution in [0.1, 0.15) is 12.0 Å². The average molecular weight is 342 g/mol. The first kappa shape index (κ1) is 13.7. The largest absolute Gasteiger partial charge is 0.490 e. The minimum absolute atomic E-state index is 0.223. The molecule has 0 bridgehead atoms. The lowest BCUT2D eigenvalue weighted by Crippen LogP contribution is -2.49. The van der Waals surface area contributed by atoms with Gasteiger partial charge in [0.1, 0.15) is 0 Å². The van der Waals surface area contributed by atoms with Crippen LogP contribution in [0, 0.1) is 5.92 Å². The summed E-state index contributed by atoms with van der Waals surface area (Å²) in [4.78, 5) is 12.9. The highest BCUT2D eigenvalue weighted by Gasteiger charge is 2.32. The maximum absolute atomic E-state index is 10.8. The number of carbonyl (C=O) groups is 1. The zero-order valence-electron chi connectivity index (χ0n) is 11.0. The number of benzene rings is 1. The Kier molecular flexibility index (Phi) is 3.85. The summed E-state index contributed by atoms with van der Waals surface area (Å²) in [7, 11) is 0. The molecule has 1 fully saturated rings. The molecule has 3 rings (SSSR count). The lowest BCUT2D eigenvalue weighted by atomic mass is 9.99. The van der Waals surface area contributed by atoms with Gasteiger partial charge in [-0.05, 0) is 33.6 Å². The number of ether oxygens (including phenoxy) is 2. The molecule has 1 aromatic carbocycles. The molecule has 0 unspecified atom stereocenters. The van der Waals surface area contributed by atoms with Gasteiger partial charge < -0.3 is 14.6 Å². The Morgan fingerprint density at radius 1 is 1.35 bits per heavy atom. The van der Waals surface area contributed by atoms with Crippen LogP contribution in [-0.4, -0.2) is 42.3 Å². The fourth-order valence-electron chi connectivity index (χ4n) is 2.49. The third-order valence-corrected chi connectivity index (χ3v) is 4.16. The number of fused-ring (bicyclic) bond motifs is 1. The second-order valence-electron chi connectivity index (χ2n) is 5.18. The van der Waals surface area contributed by atoms with Gasteiger partial charge in [0.2, 0.25) is 0 Å². The molecule has 0 aromatic heterocycles. The molecule has 2 aliphatic heterocycles. The molecule has 0 radical (unpaired) electrons. The van der Waals surface area contributed by atoms with Gasteiger partial charge in [-0.15, -0.1) is 0 Å². The van der Waals surface area contributed by atoms with Crippen molar-refractivity contribution in [1.29, 1.82) is 0 Å². The number of carboxylic acid groups (broad SMARTS) is 1. The van der Waals surface area contributed by atoms with Crippen molar-refractivity contribution in [3.8, 4) is 11.5 Å². The van der Waals surface area contributed by atoms with Crippen molar-refractivity contribution < 1.29 is 19.4 Å². The normalized spacial score (nSPS) is 19.2. The Hall–Kier alpha value is -1.27. The highest BCUT2D eigenvalue weighted by molar-refractivity contribution is 9.10. The topological polar surface area (TPSA) is 59.0 Å². The Labute approximate surface area is 125 Å². The third-order valence-electron chi connectivity index (χ3n) is 3.57. The number of halogens is 1. The lowest BCUT2D eigenvalue weighted by molar-refractivity contribution is -0.147. The molecule has 1 N–H and O–H groups in total. The molecule has 1 saturated heterocycles. The zero-order valence-corrected chi connectivity index (χ0v) is 12.6. The first-order chi connectivity index (χ1) is 9.63. The van der Waals surface area contributed by atoms with Gasteiger partial charge in [0.25, 0.3) is 0 Å². The number of hydrogen-bond acceptors (Lipinski definition) is 4. The standard InChI is InChI=1S/C14H16BrNO4/c15-11-4-9(6-16-7-10(8-16)14(17)18)5-12-13(11)20-3-1-2-19-12/h4-5,10H,1-3,6-8H2,(H,17,18). The number of carboxylic acids is 1. The van der Waals surface area contributed by atoms with E-state index in [1.807, 2.05) is 12.1 Å². The number of aliphatic carboxylic acids is 1. The summed E-state index contributed by atoms with van der Waals surface area (Å²) in [6.45, 7) is 3.28. The van der Waals surface area contributed by atoms with Crippen LogP contribution >= 0.6 is 15.9 Å². The molecule has 20 heavy (non-hydrogen) atoms. The monoisotopic (exact) mass is 341 g/mol. The molecule has 1 aromatic rings. The van der Waals surface area contributed by atoms with E-state index in [9.17, 15) is 4.79 Å². The van der Waals surface area contributed by atoms with Gasteiger partial charge in [0, 0.05) is 26.1 Å². The summed E-state index contributed by atoms with van der Waals surface area (Å²) in [5, 5.41) is 8.88. The minimum Gasteiger partial charge on any atom is -0.490 e. The second kappa shape index (κ2) is 5.61. The van der Waals surface area contributed by atoms with E-state index in [0.717, 1.165) is 34.5 Å². The van der Waals surface area contributed by atoms with Gasteiger partial charge in [-0.1, -0.05) is 0 Å². The predicted molar refractivity (Wildman–Crippen MR) is 76.2 cm³/mol. The van der Waals surface area contributed by atoms with E-state index in [1.165, 1.54) is 0 Å². The predicted octanol–water partition coefficient (Wildman–Crippen LogP) is 2.13. The molecule has 0 aliphatic carbocycles. The van der Waals surface area contributed by atoms with Gasteiger partial charge in [-0.3, -0.25) is 9.69 Å². The fraction of sp³-hybridized carbons (Fsp3) is 0.500. The zero-order chi connectivity index (χ0) is 14.1. The highest BCUT2D eigenvalue weighted by atomic mass is 79.9. The van der Waals surface area contributed by atoms with Crippen LogP contribution in [0.3, 0.4) is 0 Å². The van der Waals surface area contributed by atoms with Crippen LogP contribution in [0.5, 0.6) is 11.5 Å². The highest BCUT2D eigenvalue weighted by Crippen LogP contribution is 2.38. The average Bonchev–Trinajstić information content (AvgIpc) is 2.58. The van der Waals surface area contributed by atoms with Crippen molar-refractivity contribution in [2.45, 2.75) is 13.0 Å². The lowest BCUT2D eigenvalue weighted by Gasteiger charge is -2.36. The number of hydrogen-bond donors (Lipinski definition) is 1. The molecule has 2 aliphatic rings. The van der Waals surface area contributed by atoms with Crippen LogP contribution in [0.2, 0.25) is 0 Å². The Bertz CT molecular complexity index is 528. The van der Waals surface area contributed by atoms with E-state index in [4.69, 9.17) is 14.6 Å². The summed E-state index contributed by atoms with van der Waals surface area (Å²) in [6.07, 6.45) is 0.878. The van der Waals surface area contributed by atoms with Crippen LogP contribution in [0.15, 0.2) is 16.6 Å². The molecule has 0 saturated carbocycles. The first-order valence-corrected chi connectivity index (χ1v) is 7.46. The Morgan fingerprint density at radius 2 is 2.10 bits per heavy atom. The van der Waals surface area contributed by atoms with Crippen molar-refractivity contribution in [2.75, 3.05) is 26.3 Å². The van der Waals surface area contributed by atoms with Gasteiger partial charge in [0.15, 0.2) is 11.5 Å². The minimum atomic E-state index is -0.707. The summed E-state index contributed by atoms with van der Waals surface area (Å²) >= 11 is 3.51. The smallest absolute Gasteiger partial charge is 0.309 e. The molecule has 0 spiro atoms. The summed E-state index contributed by atoms with van der Waals surface area (Å²) in [6, 6.07) is 4.00. The maximum atomic E-state index is 10.8. The van der Waals surface area contributed by atoms with Crippen LogP contribution < -0.4 is 9.47 Å². The van der Waals surface area contributed by atoms with E-state index in [0.29, 0.717) is 26.3 Å². The molecular weight excluding hydrogens is 326 g/mol. The Morgan fingerprint density at radius 3 is 2.85 bits per heavy atom. The SMILES string of the molecule is O=C(O)C1CN(Cc2cc(Br)c3c(c2)OCCCO3)C1. The van der Waals surface area contributed by atoms with Crippen molar-refractivity contribution in [3.63, 3.8) is 0 Å². The van der Waals surface area contributed by atoms with E-state index >= 15 is 0 Å². The molecule has 2 heterocycles. The third kappa shape index (κ3) is 2.76. The Balaban J connectivity index is 1.70. The van der Waals surface area contributed by atoms with Crippen LogP contribution in [-0.2, 0) is 11.3 Å². The van der Waals surface area contributed by atoms with Gasteiger partial charge in [0.05, 0.1) is 23.6 Å². The summed E-state index contributed by atoms with van der Waals surface area (Å²) < 4.78 is 12.3. The van der Waals surface area contributed by atoms with E-state index in [2.05, 4.69) is 20.8 Å². The molecule has 5 nitrogen and oxygen atoms in total. The molecule has 108 valence electrons. The van der Waals surface area contributed by atoms with Crippen LogP contribution in [0.25, 0.3) is 0 Å². The van der Waals surface area contributed by atoms with Gasteiger partial charge in [-0.2, -0.15) is 0 Å².